The predicted molar refractivity (Wildman–Crippen MR) is 88.2 cm³/mol. The molecule has 1 aromatic carbocycles. The summed E-state index contributed by atoms with van der Waals surface area (Å²) < 4.78 is 53.7. The smallest absolute Gasteiger partial charge is 0.249 e. The fraction of sp³-hybridized carbons (Fsp3) is 0.471. The van der Waals surface area contributed by atoms with Gasteiger partial charge in [-0.1, -0.05) is 18.2 Å². The van der Waals surface area contributed by atoms with Gasteiger partial charge in [0.25, 0.3) is 0 Å². The molecule has 0 N–H and O–H groups in total. The van der Waals surface area contributed by atoms with Gasteiger partial charge in [-0.2, -0.15) is 4.31 Å². The maximum absolute atomic E-state index is 13.8. The van der Waals surface area contributed by atoms with E-state index in [0.29, 0.717) is 6.42 Å². The molecule has 0 spiro atoms. The predicted octanol–water partition coefficient (Wildman–Crippen LogP) is 2.15. The molecular formula is C17H20F2N2O3S. The third-order valence-corrected chi connectivity index (χ3v) is 6.61. The zero-order chi connectivity index (χ0) is 18.0. The van der Waals surface area contributed by atoms with Crippen molar-refractivity contribution in [1.82, 2.24) is 9.21 Å². The molecule has 1 atom stereocenters. The topological polar surface area (TPSA) is 57.7 Å². The summed E-state index contributed by atoms with van der Waals surface area (Å²) in [5, 5.41) is 0. The van der Waals surface area contributed by atoms with Crippen LogP contribution >= 0.6 is 0 Å². The summed E-state index contributed by atoms with van der Waals surface area (Å²) in [5.41, 5.74) is 0. The molecule has 0 radical (unpaired) electrons. The highest BCUT2D eigenvalue weighted by Crippen LogP contribution is 2.25. The summed E-state index contributed by atoms with van der Waals surface area (Å²) in [6, 6.07) is 2.97. The Kier molecular flexibility index (Phi) is 5.19. The lowest BCUT2D eigenvalue weighted by atomic mass is 10.0. The second-order valence-corrected chi connectivity index (χ2v) is 8.18. The molecule has 2 aliphatic rings. The van der Waals surface area contributed by atoms with Crippen molar-refractivity contribution in [3.8, 4) is 0 Å². The normalized spacial score (nSPS) is 21.7. The van der Waals surface area contributed by atoms with Crippen molar-refractivity contribution < 1.29 is 22.0 Å². The third kappa shape index (κ3) is 3.74. The molecule has 8 heteroatoms. The fourth-order valence-corrected chi connectivity index (χ4v) is 4.79. The number of carbonyl (C=O) groups excluding carboxylic acids is 1. The standard InChI is InChI=1S/C17H20F2N2O3S/c18-14-6-3-7-15(19)17(14)25(23,24)21-10-8-20(9-11-21)16(22)12-13-4-1-2-5-13/h1,3-4,6-7,13H,2,5,8-12H2/t13-/m0/s1. The summed E-state index contributed by atoms with van der Waals surface area (Å²) in [6.07, 6.45) is 6.47. The van der Waals surface area contributed by atoms with E-state index >= 15 is 0 Å². The lowest BCUT2D eigenvalue weighted by Gasteiger charge is -2.34. The van der Waals surface area contributed by atoms with Gasteiger partial charge in [0, 0.05) is 32.6 Å². The van der Waals surface area contributed by atoms with Gasteiger partial charge in [-0.3, -0.25) is 4.79 Å². The Morgan fingerprint density at radius 1 is 1.12 bits per heavy atom. The number of hydrogen-bond donors (Lipinski definition) is 0. The van der Waals surface area contributed by atoms with Crippen molar-refractivity contribution in [1.29, 1.82) is 0 Å². The minimum absolute atomic E-state index is 0.00864. The number of benzene rings is 1. The van der Waals surface area contributed by atoms with E-state index in [2.05, 4.69) is 6.08 Å². The van der Waals surface area contributed by atoms with Crippen molar-refractivity contribution in [2.45, 2.75) is 24.2 Å². The van der Waals surface area contributed by atoms with Crippen LogP contribution in [0.1, 0.15) is 19.3 Å². The molecule has 1 aliphatic carbocycles. The first-order valence-electron chi connectivity index (χ1n) is 8.28. The summed E-state index contributed by atoms with van der Waals surface area (Å²) >= 11 is 0. The molecule has 0 aromatic heterocycles. The summed E-state index contributed by atoms with van der Waals surface area (Å²) in [4.78, 5) is 13.0. The minimum Gasteiger partial charge on any atom is -0.340 e. The monoisotopic (exact) mass is 370 g/mol. The molecule has 1 amide bonds. The molecule has 1 aliphatic heterocycles. The van der Waals surface area contributed by atoms with E-state index < -0.39 is 26.6 Å². The first-order chi connectivity index (χ1) is 11.9. The Bertz CT molecular complexity index is 767. The first-order valence-corrected chi connectivity index (χ1v) is 9.72. The van der Waals surface area contributed by atoms with Crippen molar-refractivity contribution in [2.24, 2.45) is 5.92 Å². The Morgan fingerprint density at radius 3 is 2.32 bits per heavy atom. The molecule has 1 aromatic rings. The zero-order valence-electron chi connectivity index (χ0n) is 13.7. The largest absolute Gasteiger partial charge is 0.340 e. The number of sulfonamides is 1. The number of allylic oxidation sites excluding steroid dienone is 2. The van der Waals surface area contributed by atoms with Gasteiger partial charge >= 0.3 is 0 Å². The average molecular weight is 370 g/mol. The van der Waals surface area contributed by atoms with Crippen LogP contribution in [0.25, 0.3) is 0 Å². The highest BCUT2D eigenvalue weighted by Gasteiger charge is 2.34. The van der Waals surface area contributed by atoms with E-state index in [0.717, 1.165) is 35.3 Å². The van der Waals surface area contributed by atoms with Gasteiger partial charge in [0.15, 0.2) is 4.90 Å². The van der Waals surface area contributed by atoms with Crippen LogP contribution in [0.5, 0.6) is 0 Å². The molecule has 5 nitrogen and oxygen atoms in total. The maximum Gasteiger partial charge on any atom is 0.249 e. The number of rotatable bonds is 4. The van der Waals surface area contributed by atoms with Crippen molar-refractivity contribution in [3.63, 3.8) is 0 Å². The quantitative estimate of drug-likeness (QED) is 0.763. The van der Waals surface area contributed by atoms with Gasteiger partial charge < -0.3 is 4.90 Å². The Hall–Kier alpha value is -1.80. The molecule has 1 saturated heterocycles. The highest BCUT2D eigenvalue weighted by atomic mass is 32.2. The Morgan fingerprint density at radius 2 is 1.76 bits per heavy atom. The molecule has 0 bridgehead atoms. The lowest BCUT2D eigenvalue weighted by Crippen LogP contribution is -2.50. The SMILES string of the molecule is O=C(C[C@H]1C=CCC1)N1CCN(S(=O)(=O)c2c(F)cccc2F)CC1. The number of amides is 1. The second kappa shape index (κ2) is 7.21. The molecule has 0 unspecified atom stereocenters. The van der Waals surface area contributed by atoms with Crippen LogP contribution < -0.4 is 0 Å². The number of nitrogens with zero attached hydrogens (tertiary/aromatic N) is 2. The highest BCUT2D eigenvalue weighted by molar-refractivity contribution is 7.89. The molecule has 0 saturated carbocycles. The summed E-state index contributed by atoms with van der Waals surface area (Å²) in [7, 11) is -4.26. The molecule has 136 valence electrons. The van der Waals surface area contributed by atoms with E-state index in [4.69, 9.17) is 0 Å². The molecule has 3 rings (SSSR count). The van der Waals surface area contributed by atoms with Gasteiger partial charge in [0.05, 0.1) is 0 Å². The van der Waals surface area contributed by atoms with Crippen LogP contribution in [0.3, 0.4) is 0 Å². The van der Waals surface area contributed by atoms with Crippen molar-refractivity contribution >= 4 is 15.9 Å². The van der Waals surface area contributed by atoms with E-state index in [-0.39, 0.29) is 38.0 Å². The van der Waals surface area contributed by atoms with Crippen LogP contribution in [0, 0.1) is 17.6 Å². The first kappa shape index (κ1) is 18.0. The minimum atomic E-state index is -4.26. The third-order valence-electron chi connectivity index (χ3n) is 4.66. The van der Waals surface area contributed by atoms with Crippen molar-refractivity contribution in [3.05, 3.63) is 42.0 Å². The van der Waals surface area contributed by atoms with Gasteiger partial charge in [0.1, 0.15) is 11.6 Å². The van der Waals surface area contributed by atoms with Gasteiger partial charge in [-0.25, -0.2) is 17.2 Å². The molecule has 1 fully saturated rings. The van der Waals surface area contributed by atoms with Gasteiger partial charge in [-0.05, 0) is 30.9 Å². The zero-order valence-corrected chi connectivity index (χ0v) is 14.5. The van der Waals surface area contributed by atoms with E-state index in [9.17, 15) is 22.0 Å². The Labute approximate surface area is 146 Å². The maximum atomic E-state index is 13.8. The number of halogens is 2. The van der Waals surface area contributed by atoms with Crippen LogP contribution in [0.15, 0.2) is 35.2 Å². The molecule has 1 heterocycles. The second-order valence-electron chi connectivity index (χ2n) is 6.31. The average Bonchev–Trinajstić information content (AvgIpc) is 3.07. The van der Waals surface area contributed by atoms with Gasteiger partial charge in [0.2, 0.25) is 15.9 Å². The summed E-state index contributed by atoms with van der Waals surface area (Å²) in [6.45, 7) is 0.514. The molecular weight excluding hydrogens is 350 g/mol. The van der Waals surface area contributed by atoms with E-state index in [1.807, 2.05) is 6.08 Å². The van der Waals surface area contributed by atoms with Crippen LogP contribution in [0.2, 0.25) is 0 Å². The summed E-state index contributed by atoms with van der Waals surface area (Å²) in [5.74, 6) is -1.97. The van der Waals surface area contributed by atoms with Crippen LogP contribution in [0.4, 0.5) is 8.78 Å². The van der Waals surface area contributed by atoms with Crippen molar-refractivity contribution in [2.75, 3.05) is 26.2 Å². The lowest BCUT2D eigenvalue weighted by molar-refractivity contribution is -0.133. The van der Waals surface area contributed by atoms with Crippen LogP contribution in [-0.4, -0.2) is 49.7 Å². The fourth-order valence-electron chi connectivity index (χ4n) is 3.25. The van der Waals surface area contributed by atoms with E-state index in [1.165, 1.54) is 0 Å². The van der Waals surface area contributed by atoms with Gasteiger partial charge in [-0.15, -0.1) is 0 Å². The number of hydrogen-bond acceptors (Lipinski definition) is 3. The van der Waals surface area contributed by atoms with Crippen LogP contribution in [-0.2, 0) is 14.8 Å². The molecule has 25 heavy (non-hydrogen) atoms. The number of carbonyl (C=O) groups is 1. The van der Waals surface area contributed by atoms with E-state index in [1.54, 1.807) is 4.90 Å². The number of piperazine rings is 1. The Balaban J connectivity index is 1.65.